The molecule has 0 aromatic carbocycles. The van der Waals surface area contributed by atoms with Crippen LogP contribution < -0.4 is 0 Å². The summed E-state index contributed by atoms with van der Waals surface area (Å²) in [5.41, 5.74) is 3.07. The number of allylic oxidation sites excluding steroid dienone is 4. The number of Topliss-reactive ketones (excluding diaryl/α,β-unsaturated/α-hetero) is 1. The zero-order valence-electron chi connectivity index (χ0n) is 14.4. The summed E-state index contributed by atoms with van der Waals surface area (Å²) >= 11 is 0. The Balaban J connectivity index is 1.98. The van der Waals surface area contributed by atoms with E-state index in [0.29, 0.717) is 5.92 Å². The standard InChI is InChI=1S/C20H28O2/c1-13-7-6-11-20(5)18(22-20)17(21)16-9-8-14(2)19(4,12-10-13)15(16)3/h7,9,14,18H,3,6,8,10-12H2,1-2,4-5H3/t14-,18-,19+,20-/m1/s1. The van der Waals surface area contributed by atoms with E-state index in [2.05, 4.69) is 46.4 Å². The summed E-state index contributed by atoms with van der Waals surface area (Å²) in [4.78, 5) is 12.9. The lowest BCUT2D eigenvalue weighted by Crippen LogP contribution is -2.34. The lowest BCUT2D eigenvalue weighted by Gasteiger charge is -2.41. The molecule has 1 fully saturated rings. The molecule has 1 saturated heterocycles. The molecule has 0 N–H and O–H groups in total. The van der Waals surface area contributed by atoms with Gasteiger partial charge in [0.25, 0.3) is 0 Å². The number of ketones is 1. The van der Waals surface area contributed by atoms with Gasteiger partial charge in [-0.2, -0.15) is 0 Å². The quantitative estimate of drug-likeness (QED) is 0.477. The molecule has 3 aliphatic rings. The number of hydrogen-bond donors (Lipinski definition) is 0. The molecule has 0 saturated carbocycles. The number of fused-ring (bicyclic) bond motifs is 3. The molecule has 4 atom stereocenters. The maximum atomic E-state index is 12.9. The summed E-state index contributed by atoms with van der Waals surface area (Å²) in [6, 6.07) is 0. The highest BCUT2D eigenvalue weighted by atomic mass is 16.6. The molecule has 0 amide bonds. The highest BCUT2D eigenvalue weighted by molar-refractivity contribution is 6.05. The van der Waals surface area contributed by atoms with E-state index in [0.717, 1.165) is 43.3 Å². The van der Waals surface area contributed by atoms with E-state index in [1.807, 2.05) is 0 Å². The van der Waals surface area contributed by atoms with Crippen LogP contribution in [0.4, 0.5) is 0 Å². The van der Waals surface area contributed by atoms with E-state index in [4.69, 9.17) is 4.74 Å². The van der Waals surface area contributed by atoms with Gasteiger partial charge in [0.2, 0.25) is 0 Å². The average Bonchev–Trinajstić information content (AvgIpc) is 3.14. The second kappa shape index (κ2) is 5.19. The fourth-order valence-electron chi connectivity index (χ4n) is 3.99. The fraction of sp³-hybridized carbons (Fsp3) is 0.650. The topological polar surface area (TPSA) is 29.6 Å². The zero-order chi connectivity index (χ0) is 16.1. The molecule has 120 valence electrons. The second-order valence-corrected chi connectivity index (χ2v) is 7.91. The fourth-order valence-corrected chi connectivity index (χ4v) is 3.99. The molecule has 22 heavy (non-hydrogen) atoms. The Hall–Kier alpha value is -1.15. The van der Waals surface area contributed by atoms with Crippen molar-refractivity contribution in [3.63, 3.8) is 0 Å². The van der Waals surface area contributed by atoms with Crippen molar-refractivity contribution in [2.75, 3.05) is 0 Å². The summed E-state index contributed by atoms with van der Waals surface area (Å²) in [5, 5.41) is 0. The lowest BCUT2D eigenvalue weighted by atomic mass is 9.62. The van der Waals surface area contributed by atoms with E-state index < -0.39 is 0 Å². The van der Waals surface area contributed by atoms with Crippen molar-refractivity contribution >= 4 is 5.78 Å². The molecule has 3 rings (SSSR count). The van der Waals surface area contributed by atoms with Gasteiger partial charge >= 0.3 is 0 Å². The van der Waals surface area contributed by atoms with Crippen LogP contribution in [0.1, 0.15) is 59.8 Å². The molecule has 2 bridgehead atoms. The number of carbonyl (C=O) groups excluding carboxylic acids is 1. The molecule has 0 radical (unpaired) electrons. The van der Waals surface area contributed by atoms with Gasteiger partial charge in [-0.15, -0.1) is 0 Å². The van der Waals surface area contributed by atoms with Crippen molar-refractivity contribution in [2.45, 2.75) is 71.5 Å². The molecule has 1 aliphatic heterocycles. The van der Waals surface area contributed by atoms with Crippen molar-refractivity contribution in [1.82, 2.24) is 0 Å². The molecule has 0 aromatic heterocycles. The summed E-state index contributed by atoms with van der Waals surface area (Å²) in [7, 11) is 0. The van der Waals surface area contributed by atoms with Gasteiger partial charge < -0.3 is 4.74 Å². The van der Waals surface area contributed by atoms with Crippen molar-refractivity contribution in [3.8, 4) is 0 Å². The Labute approximate surface area is 134 Å². The van der Waals surface area contributed by atoms with Crippen LogP contribution in [0.25, 0.3) is 0 Å². The van der Waals surface area contributed by atoms with Crippen molar-refractivity contribution < 1.29 is 9.53 Å². The van der Waals surface area contributed by atoms with Gasteiger partial charge in [-0.1, -0.05) is 38.2 Å². The van der Waals surface area contributed by atoms with Crippen LogP contribution in [-0.2, 0) is 9.53 Å². The maximum absolute atomic E-state index is 12.9. The third kappa shape index (κ3) is 2.42. The summed E-state index contributed by atoms with van der Waals surface area (Å²) in [6.45, 7) is 13.2. The Morgan fingerprint density at radius 2 is 2.00 bits per heavy atom. The molecule has 0 aromatic rings. The Bertz CT molecular complexity index is 583. The zero-order valence-corrected chi connectivity index (χ0v) is 14.4. The monoisotopic (exact) mass is 300 g/mol. The van der Waals surface area contributed by atoms with E-state index >= 15 is 0 Å². The van der Waals surface area contributed by atoms with Gasteiger partial charge in [0.1, 0.15) is 11.7 Å². The van der Waals surface area contributed by atoms with E-state index in [1.165, 1.54) is 5.57 Å². The first-order valence-corrected chi connectivity index (χ1v) is 8.55. The molecule has 2 nitrogen and oxygen atoms in total. The van der Waals surface area contributed by atoms with Crippen LogP contribution >= 0.6 is 0 Å². The van der Waals surface area contributed by atoms with Crippen LogP contribution in [-0.4, -0.2) is 17.5 Å². The summed E-state index contributed by atoms with van der Waals surface area (Å²) < 4.78 is 5.80. The summed E-state index contributed by atoms with van der Waals surface area (Å²) in [6.07, 6.45) is 9.21. The van der Waals surface area contributed by atoms with Gasteiger partial charge in [0, 0.05) is 5.57 Å². The average molecular weight is 300 g/mol. The minimum atomic E-state index is -0.270. The molecule has 0 unspecified atom stereocenters. The Morgan fingerprint density at radius 1 is 1.27 bits per heavy atom. The van der Waals surface area contributed by atoms with Crippen molar-refractivity contribution in [3.05, 3.63) is 35.5 Å². The van der Waals surface area contributed by atoms with Gasteiger partial charge in [0.05, 0.1) is 0 Å². The van der Waals surface area contributed by atoms with E-state index in [-0.39, 0.29) is 22.9 Å². The second-order valence-electron chi connectivity index (χ2n) is 7.91. The minimum Gasteiger partial charge on any atom is -0.358 e. The maximum Gasteiger partial charge on any atom is 0.194 e. The highest BCUT2D eigenvalue weighted by Gasteiger charge is 2.57. The Kier molecular flexibility index (Phi) is 3.71. The smallest absolute Gasteiger partial charge is 0.194 e. The molecule has 2 heteroatoms. The number of ether oxygens (including phenoxy) is 1. The minimum absolute atomic E-state index is 0.0132. The van der Waals surface area contributed by atoms with Crippen LogP contribution in [0, 0.1) is 11.3 Å². The third-order valence-electron chi connectivity index (χ3n) is 6.34. The number of hydrogen-bond acceptors (Lipinski definition) is 2. The lowest BCUT2D eigenvalue weighted by molar-refractivity contribution is -0.116. The van der Waals surface area contributed by atoms with Crippen LogP contribution in [0.2, 0.25) is 0 Å². The first-order chi connectivity index (χ1) is 10.3. The summed E-state index contributed by atoms with van der Waals surface area (Å²) in [5.74, 6) is 0.686. The largest absolute Gasteiger partial charge is 0.358 e. The first-order valence-electron chi connectivity index (χ1n) is 8.55. The number of carbonyl (C=O) groups is 1. The van der Waals surface area contributed by atoms with E-state index in [9.17, 15) is 4.79 Å². The van der Waals surface area contributed by atoms with Gasteiger partial charge in [-0.25, -0.2) is 0 Å². The molecular weight excluding hydrogens is 272 g/mol. The van der Waals surface area contributed by atoms with Crippen LogP contribution in [0.5, 0.6) is 0 Å². The number of epoxide rings is 1. The molecular formula is C20H28O2. The number of rotatable bonds is 0. The van der Waals surface area contributed by atoms with Crippen molar-refractivity contribution in [2.24, 2.45) is 11.3 Å². The first kappa shape index (κ1) is 15.7. The predicted molar refractivity (Wildman–Crippen MR) is 89.6 cm³/mol. The SMILES string of the molecule is C=C1C2=CC[C@@H](C)[C@]1(C)CCC(C)=CCC[C@@]1(C)O[C@@H]1C2=O. The predicted octanol–water partition coefficient (Wildman–Crippen LogP) is 4.76. The van der Waals surface area contributed by atoms with Crippen LogP contribution in [0.15, 0.2) is 35.5 Å². The normalized spacial score (nSPS) is 42.5. The Morgan fingerprint density at radius 3 is 2.73 bits per heavy atom. The van der Waals surface area contributed by atoms with E-state index in [1.54, 1.807) is 0 Å². The molecule has 2 aliphatic carbocycles. The molecule has 1 heterocycles. The van der Waals surface area contributed by atoms with Gasteiger partial charge in [0.15, 0.2) is 5.78 Å². The van der Waals surface area contributed by atoms with Crippen molar-refractivity contribution in [1.29, 1.82) is 0 Å². The van der Waals surface area contributed by atoms with Gasteiger partial charge in [-0.3, -0.25) is 4.79 Å². The third-order valence-corrected chi connectivity index (χ3v) is 6.34. The van der Waals surface area contributed by atoms with Crippen LogP contribution in [0.3, 0.4) is 0 Å². The molecule has 0 spiro atoms. The highest BCUT2D eigenvalue weighted by Crippen LogP contribution is 2.51. The van der Waals surface area contributed by atoms with Gasteiger partial charge in [-0.05, 0) is 62.9 Å².